The van der Waals surface area contributed by atoms with Crippen LogP contribution in [0.5, 0.6) is 5.75 Å². The molecule has 6 nitrogen and oxygen atoms in total. The molecule has 150 valence electrons. The third-order valence-electron chi connectivity index (χ3n) is 4.50. The molecule has 6 heteroatoms. The highest BCUT2D eigenvalue weighted by Gasteiger charge is 2.14. The van der Waals surface area contributed by atoms with Gasteiger partial charge < -0.3 is 15.4 Å². The number of rotatable bonds is 5. The van der Waals surface area contributed by atoms with Crippen molar-refractivity contribution in [1.82, 2.24) is 9.97 Å². The average Bonchev–Trinajstić information content (AvgIpc) is 2.68. The summed E-state index contributed by atoms with van der Waals surface area (Å²) < 4.78 is 5.31. The second-order valence-electron chi connectivity index (χ2n) is 7.88. The van der Waals surface area contributed by atoms with Crippen molar-refractivity contribution >= 4 is 23.2 Å². The predicted octanol–water partition coefficient (Wildman–Crippen LogP) is 5.09. The van der Waals surface area contributed by atoms with Gasteiger partial charge in [-0.1, -0.05) is 39.0 Å². The molecule has 0 unspecified atom stereocenters. The van der Waals surface area contributed by atoms with E-state index in [9.17, 15) is 4.79 Å². The molecular weight excluding hydrogens is 364 g/mol. The standard InChI is InChI=1S/C23H26N4O2/c1-15-6-11-20(29-5)19(14-15)26-21(28)18-12-13-24-22(27-18)25-17-9-7-16(8-10-17)23(2,3)4/h6-14H,1-5H3,(H,26,28)(H,24,25,27). The molecule has 0 saturated carbocycles. The largest absolute Gasteiger partial charge is 0.495 e. The Morgan fingerprint density at radius 2 is 1.76 bits per heavy atom. The summed E-state index contributed by atoms with van der Waals surface area (Å²) >= 11 is 0. The summed E-state index contributed by atoms with van der Waals surface area (Å²) in [6.07, 6.45) is 1.56. The second kappa shape index (κ2) is 8.31. The van der Waals surface area contributed by atoms with E-state index < -0.39 is 0 Å². The zero-order valence-electron chi connectivity index (χ0n) is 17.4. The molecule has 2 N–H and O–H groups in total. The number of amides is 1. The molecule has 29 heavy (non-hydrogen) atoms. The second-order valence-corrected chi connectivity index (χ2v) is 7.88. The summed E-state index contributed by atoms with van der Waals surface area (Å²) in [5.41, 5.74) is 4.06. The highest BCUT2D eigenvalue weighted by Crippen LogP contribution is 2.26. The van der Waals surface area contributed by atoms with Crippen LogP contribution in [-0.2, 0) is 5.41 Å². The van der Waals surface area contributed by atoms with Gasteiger partial charge in [0.25, 0.3) is 5.91 Å². The first-order valence-electron chi connectivity index (χ1n) is 9.43. The molecule has 3 aromatic rings. The SMILES string of the molecule is COc1ccc(C)cc1NC(=O)c1ccnc(Nc2ccc(C(C)(C)C)cc2)n1. The minimum absolute atomic E-state index is 0.0872. The first-order chi connectivity index (χ1) is 13.8. The van der Waals surface area contributed by atoms with Crippen LogP contribution in [-0.4, -0.2) is 23.0 Å². The van der Waals surface area contributed by atoms with Crippen molar-refractivity contribution in [3.05, 3.63) is 71.5 Å². The Balaban J connectivity index is 1.75. The summed E-state index contributed by atoms with van der Waals surface area (Å²) in [5.74, 6) is 0.620. The molecule has 1 amide bonds. The minimum atomic E-state index is -0.331. The van der Waals surface area contributed by atoms with E-state index in [-0.39, 0.29) is 17.0 Å². The number of aromatic nitrogens is 2. The first kappa shape index (κ1) is 20.3. The number of ether oxygens (including phenoxy) is 1. The first-order valence-corrected chi connectivity index (χ1v) is 9.43. The summed E-state index contributed by atoms with van der Waals surface area (Å²) in [4.78, 5) is 21.2. The smallest absolute Gasteiger partial charge is 0.274 e. The fraction of sp³-hybridized carbons (Fsp3) is 0.261. The summed E-state index contributed by atoms with van der Waals surface area (Å²) in [6, 6.07) is 15.3. The maximum atomic E-state index is 12.7. The van der Waals surface area contributed by atoms with Crippen LogP contribution in [0.25, 0.3) is 0 Å². The van der Waals surface area contributed by atoms with Crippen LogP contribution in [0.2, 0.25) is 0 Å². The number of nitrogens with one attached hydrogen (secondary N) is 2. The molecule has 0 aliphatic rings. The van der Waals surface area contributed by atoms with Gasteiger partial charge in [-0.15, -0.1) is 0 Å². The summed E-state index contributed by atoms with van der Waals surface area (Å²) in [5, 5.41) is 6.00. The van der Waals surface area contributed by atoms with Gasteiger partial charge in [-0.3, -0.25) is 4.79 Å². The van der Waals surface area contributed by atoms with Gasteiger partial charge in [0.05, 0.1) is 12.8 Å². The van der Waals surface area contributed by atoms with Crippen molar-refractivity contribution in [3.8, 4) is 5.75 Å². The van der Waals surface area contributed by atoms with Crippen molar-refractivity contribution in [2.75, 3.05) is 17.7 Å². The molecule has 0 aliphatic carbocycles. The highest BCUT2D eigenvalue weighted by molar-refractivity contribution is 6.03. The van der Waals surface area contributed by atoms with Crippen LogP contribution in [0.3, 0.4) is 0 Å². The molecule has 0 atom stereocenters. The molecule has 0 bridgehead atoms. The van der Waals surface area contributed by atoms with Crippen molar-refractivity contribution in [2.24, 2.45) is 0 Å². The van der Waals surface area contributed by atoms with Crippen molar-refractivity contribution in [2.45, 2.75) is 33.1 Å². The Morgan fingerprint density at radius 3 is 2.41 bits per heavy atom. The molecule has 3 rings (SSSR count). The summed E-state index contributed by atoms with van der Waals surface area (Å²) in [7, 11) is 1.57. The third kappa shape index (κ3) is 5.10. The van der Waals surface area contributed by atoms with Gasteiger partial charge in [-0.2, -0.15) is 0 Å². The number of methoxy groups -OCH3 is 1. The van der Waals surface area contributed by atoms with Crippen molar-refractivity contribution in [3.63, 3.8) is 0 Å². The van der Waals surface area contributed by atoms with Crippen LogP contribution in [0, 0.1) is 6.92 Å². The van der Waals surface area contributed by atoms with Gasteiger partial charge in [0.2, 0.25) is 5.95 Å². The number of hydrogen-bond donors (Lipinski definition) is 2. The summed E-state index contributed by atoms with van der Waals surface area (Å²) in [6.45, 7) is 8.46. The Hall–Kier alpha value is -3.41. The molecular formula is C23H26N4O2. The van der Waals surface area contributed by atoms with Gasteiger partial charge >= 0.3 is 0 Å². The topological polar surface area (TPSA) is 76.1 Å². The molecule has 0 spiro atoms. The third-order valence-corrected chi connectivity index (χ3v) is 4.50. The van der Waals surface area contributed by atoms with Gasteiger partial charge in [0.1, 0.15) is 11.4 Å². The van der Waals surface area contributed by atoms with E-state index in [1.165, 1.54) is 5.56 Å². The quantitative estimate of drug-likeness (QED) is 0.635. The van der Waals surface area contributed by atoms with E-state index in [1.807, 2.05) is 37.3 Å². The maximum absolute atomic E-state index is 12.7. The van der Waals surface area contributed by atoms with Crippen LogP contribution in [0.15, 0.2) is 54.7 Å². The lowest BCUT2D eigenvalue weighted by Crippen LogP contribution is -2.15. The monoisotopic (exact) mass is 390 g/mol. The van der Waals surface area contributed by atoms with Crippen LogP contribution in [0.4, 0.5) is 17.3 Å². The van der Waals surface area contributed by atoms with Gasteiger partial charge in [0.15, 0.2) is 0 Å². The van der Waals surface area contributed by atoms with E-state index in [1.54, 1.807) is 19.4 Å². The normalized spacial score (nSPS) is 11.1. The van der Waals surface area contributed by atoms with Crippen LogP contribution < -0.4 is 15.4 Å². The Bertz CT molecular complexity index is 1010. The maximum Gasteiger partial charge on any atom is 0.274 e. The van der Waals surface area contributed by atoms with Crippen LogP contribution in [0.1, 0.15) is 42.4 Å². The fourth-order valence-electron chi connectivity index (χ4n) is 2.83. The Labute approximate surface area is 171 Å². The number of hydrogen-bond acceptors (Lipinski definition) is 5. The Morgan fingerprint density at radius 1 is 1.03 bits per heavy atom. The molecule has 0 fully saturated rings. The number of anilines is 3. The van der Waals surface area contributed by atoms with Crippen molar-refractivity contribution in [1.29, 1.82) is 0 Å². The van der Waals surface area contributed by atoms with Crippen LogP contribution >= 0.6 is 0 Å². The predicted molar refractivity (Wildman–Crippen MR) is 116 cm³/mol. The lowest BCUT2D eigenvalue weighted by atomic mass is 9.87. The van der Waals surface area contributed by atoms with E-state index in [0.29, 0.717) is 17.4 Å². The van der Waals surface area contributed by atoms with Gasteiger partial charge in [0, 0.05) is 11.9 Å². The van der Waals surface area contributed by atoms with Gasteiger partial charge in [-0.25, -0.2) is 9.97 Å². The zero-order valence-corrected chi connectivity index (χ0v) is 17.4. The molecule has 0 aliphatic heterocycles. The van der Waals surface area contributed by atoms with E-state index in [4.69, 9.17) is 4.74 Å². The van der Waals surface area contributed by atoms with Gasteiger partial charge in [-0.05, 0) is 53.8 Å². The zero-order chi connectivity index (χ0) is 21.0. The number of carbonyl (C=O) groups excluding carboxylic acids is 1. The lowest BCUT2D eigenvalue weighted by Gasteiger charge is -2.19. The molecule has 0 saturated heterocycles. The molecule has 1 heterocycles. The fourth-order valence-corrected chi connectivity index (χ4v) is 2.83. The molecule has 1 aromatic heterocycles. The van der Waals surface area contributed by atoms with E-state index in [2.05, 4.69) is 53.5 Å². The Kier molecular flexibility index (Phi) is 5.82. The number of carbonyl (C=O) groups is 1. The average molecular weight is 390 g/mol. The number of aryl methyl sites for hydroxylation is 1. The number of nitrogens with zero attached hydrogens (tertiary/aromatic N) is 2. The highest BCUT2D eigenvalue weighted by atomic mass is 16.5. The molecule has 2 aromatic carbocycles. The minimum Gasteiger partial charge on any atom is -0.495 e. The van der Waals surface area contributed by atoms with E-state index in [0.717, 1.165) is 11.3 Å². The van der Waals surface area contributed by atoms with Crippen molar-refractivity contribution < 1.29 is 9.53 Å². The molecule has 0 radical (unpaired) electrons. The van der Waals surface area contributed by atoms with E-state index >= 15 is 0 Å². The lowest BCUT2D eigenvalue weighted by molar-refractivity contribution is 0.102. The number of benzene rings is 2.